The van der Waals surface area contributed by atoms with Crippen LogP contribution in [0.1, 0.15) is 29.3 Å². The Labute approximate surface area is 115 Å². The largest absolute Gasteiger partial charge is 0.409 e. The quantitative estimate of drug-likeness (QED) is 0.375. The SMILES string of the molecule is CCN(CC/C(N)=N/O)C(=O)c1cc(C)c(F)cc1F. The van der Waals surface area contributed by atoms with Crippen molar-refractivity contribution in [3.63, 3.8) is 0 Å². The predicted molar refractivity (Wildman–Crippen MR) is 70.7 cm³/mol. The summed E-state index contributed by atoms with van der Waals surface area (Å²) in [5, 5.41) is 11.2. The highest BCUT2D eigenvalue weighted by Crippen LogP contribution is 2.16. The smallest absolute Gasteiger partial charge is 0.256 e. The molecule has 0 aromatic heterocycles. The summed E-state index contributed by atoms with van der Waals surface area (Å²) >= 11 is 0. The van der Waals surface area contributed by atoms with E-state index in [2.05, 4.69) is 5.16 Å². The van der Waals surface area contributed by atoms with E-state index < -0.39 is 17.5 Å². The van der Waals surface area contributed by atoms with Gasteiger partial charge in [0.15, 0.2) is 0 Å². The van der Waals surface area contributed by atoms with Crippen molar-refractivity contribution in [3.05, 3.63) is 34.9 Å². The van der Waals surface area contributed by atoms with E-state index >= 15 is 0 Å². The maximum absolute atomic E-state index is 13.7. The lowest BCUT2D eigenvalue weighted by molar-refractivity contribution is 0.0763. The monoisotopic (exact) mass is 285 g/mol. The molecule has 0 spiro atoms. The van der Waals surface area contributed by atoms with E-state index in [0.717, 1.165) is 0 Å². The highest BCUT2D eigenvalue weighted by atomic mass is 19.1. The number of halogens is 2. The Balaban J connectivity index is 2.94. The molecule has 0 fully saturated rings. The first-order valence-corrected chi connectivity index (χ1v) is 6.12. The lowest BCUT2D eigenvalue weighted by Gasteiger charge is -2.21. The van der Waals surface area contributed by atoms with Crippen LogP contribution in [0.25, 0.3) is 0 Å². The topological polar surface area (TPSA) is 78.9 Å². The van der Waals surface area contributed by atoms with Gasteiger partial charge in [0.1, 0.15) is 17.5 Å². The molecule has 0 heterocycles. The summed E-state index contributed by atoms with van der Waals surface area (Å²) in [6.07, 6.45) is 0.165. The summed E-state index contributed by atoms with van der Waals surface area (Å²) < 4.78 is 26.8. The van der Waals surface area contributed by atoms with Crippen molar-refractivity contribution in [2.45, 2.75) is 20.3 Å². The molecular weight excluding hydrogens is 268 g/mol. The molecule has 0 aliphatic rings. The molecule has 1 rings (SSSR count). The number of oxime groups is 1. The Morgan fingerprint density at radius 1 is 1.40 bits per heavy atom. The number of aryl methyl sites for hydroxylation is 1. The predicted octanol–water partition coefficient (Wildman–Crippen LogP) is 1.87. The van der Waals surface area contributed by atoms with Crippen molar-refractivity contribution >= 4 is 11.7 Å². The van der Waals surface area contributed by atoms with Gasteiger partial charge in [0.2, 0.25) is 0 Å². The third kappa shape index (κ3) is 3.66. The fourth-order valence-corrected chi connectivity index (χ4v) is 1.69. The van der Waals surface area contributed by atoms with Crippen LogP contribution in [-0.4, -0.2) is 34.9 Å². The van der Waals surface area contributed by atoms with Gasteiger partial charge in [0.05, 0.1) is 5.56 Å². The first-order valence-electron chi connectivity index (χ1n) is 6.12. The highest BCUT2D eigenvalue weighted by Gasteiger charge is 2.19. The van der Waals surface area contributed by atoms with Gasteiger partial charge in [-0.3, -0.25) is 4.79 Å². The molecule has 0 unspecified atom stereocenters. The number of benzene rings is 1. The van der Waals surface area contributed by atoms with Gasteiger partial charge in [0, 0.05) is 25.6 Å². The molecule has 0 radical (unpaired) electrons. The molecule has 0 atom stereocenters. The fraction of sp³-hybridized carbons (Fsp3) is 0.385. The molecule has 3 N–H and O–H groups in total. The van der Waals surface area contributed by atoms with Crippen LogP contribution in [0.15, 0.2) is 17.3 Å². The second-order valence-corrected chi connectivity index (χ2v) is 4.31. The third-order valence-corrected chi connectivity index (χ3v) is 2.91. The Kier molecular flexibility index (Phi) is 5.42. The summed E-state index contributed by atoms with van der Waals surface area (Å²) in [5.41, 5.74) is 5.33. The van der Waals surface area contributed by atoms with Crippen LogP contribution in [0.4, 0.5) is 8.78 Å². The van der Waals surface area contributed by atoms with Crippen LogP contribution in [-0.2, 0) is 0 Å². The van der Waals surface area contributed by atoms with E-state index in [9.17, 15) is 13.6 Å². The lowest BCUT2D eigenvalue weighted by atomic mass is 10.1. The molecule has 1 aromatic carbocycles. The van der Waals surface area contributed by atoms with Gasteiger partial charge in [-0.2, -0.15) is 0 Å². The number of hydrogen-bond acceptors (Lipinski definition) is 3. The van der Waals surface area contributed by atoms with Gasteiger partial charge in [-0.25, -0.2) is 8.78 Å². The summed E-state index contributed by atoms with van der Waals surface area (Å²) in [4.78, 5) is 13.5. The van der Waals surface area contributed by atoms with Gasteiger partial charge in [-0.15, -0.1) is 0 Å². The van der Waals surface area contributed by atoms with Crippen molar-refractivity contribution in [1.82, 2.24) is 4.90 Å². The number of amidine groups is 1. The van der Waals surface area contributed by atoms with Crippen molar-refractivity contribution in [2.24, 2.45) is 10.9 Å². The number of rotatable bonds is 5. The van der Waals surface area contributed by atoms with Gasteiger partial charge in [-0.05, 0) is 25.5 Å². The minimum atomic E-state index is -0.902. The molecule has 0 bridgehead atoms. The molecule has 20 heavy (non-hydrogen) atoms. The van der Waals surface area contributed by atoms with Crippen molar-refractivity contribution in [1.29, 1.82) is 0 Å². The Bertz CT molecular complexity index is 533. The fourth-order valence-electron chi connectivity index (χ4n) is 1.69. The Morgan fingerprint density at radius 2 is 2.05 bits per heavy atom. The first kappa shape index (κ1) is 15.9. The number of nitrogens with two attached hydrogens (primary N) is 1. The average Bonchev–Trinajstić information content (AvgIpc) is 2.42. The van der Waals surface area contributed by atoms with E-state index in [1.54, 1.807) is 6.92 Å². The minimum absolute atomic E-state index is 0.0213. The van der Waals surface area contributed by atoms with Gasteiger partial charge < -0.3 is 15.8 Å². The summed E-state index contributed by atoms with van der Waals surface area (Å²) in [6, 6.07) is 1.87. The van der Waals surface area contributed by atoms with Crippen LogP contribution in [0, 0.1) is 18.6 Å². The molecule has 0 aliphatic carbocycles. The van der Waals surface area contributed by atoms with E-state index in [-0.39, 0.29) is 29.9 Å². The Morgan fingerprint density at radius 3 is 2.60 bits per heavy atom. The second kappa shape index (κ2) is 6.83. The standard InChI is InChI=1S/C13H17F2N3O2/c1-3-18(5-4-12(16)17-20)13(19)9-6-8(2)10(14)7-11(9)15/h6-7,20H,3-5H2,1-2H3,(H2,16,17). The molecular formula is C13H17F2N3O2. The summed E-state index contributed by atoms with van der Waals surface area (Å²) in [7, 11) is 0. The maximum Gasteiger partial charge on any atom is 0.256 e. The Hall–Kier alpha value is -2.18. The van der Waals surface area contributed by atoms with Crippen LogP contribution in [0.5, 0.6) is 0 Å². The van der Waals surface area contributed by atoms with E-state index in [1.165, 1.54) is 17.9 Å². The summed E-state index contributed by atoms with van der Waals surface area (Å²) in [6.45, 7) is 3.69. The van der Waals surface area contributed by atoms with Gasteiger partial charge in [-0.1, -0.05) is 5.16 Å². The van der Waals surface area contributed by atoms with E-state index in [0.29, 0.717) is 12.6 Å². The molecule has 1 amide bonds. The van der Waals surface area contributed by atoms with Crippen LogP contribution >= 0.6 is 0 Å². The van der Waals surface area contributed by atoms with Crippen LogP contribution in [0.2, 0.25) is 0 Å². The number of carbonyl (C=O) groups excluding carboxylic acids is 1. The van der Waals surface area contributed by atoms with E-state index in [1.807, 2.05) is 0 Å². The zero-order valence-electron chi connectivity index (χ0n) is 11.4. The minimum Gasteiger partial charge on any atom is -0.409 e. The van der Waals surface area contributed by atoms with Gasteiger partial charge >= 0.3 is 0 Å². The number of nitrogens with zero attached hydrogens (tertiary/aromatic N) is 2. The van der Waals surface area contributed by atoms with Gasteiger partial charge in [0.25, 0.3) is 5.91 Å². The number of hydrogen-bond donors (Lipinski definition) is 2. The third-order valence-electron chi connectivity index (χ3n) is 2.91. The molecule has 0 saturated carbocycles. The van der Waals surface area contributed by atoms with Crippen molar-refractivity contribution < 1.29 is 18.8 Å². The number of carbonyl (C=O) groups is 1. The van der Waals surface area contributed by atoms with Crippen molar-refractivity contribution in [2.75, 3.05) is 13.1 Å². The first-order chi connectivity index (χ1) is 9.40. The second-order valence-electron chi connectivity index (χ2n) is 4.31. The van der Waals surface area contributed by atoms with Crippen molar-refractivity contribution in [3.8, 4) is 0 Å². The normalized spacial score (nSPS) is 11.5. The van der Waals surface area contributed by atoms with Crippen LogP contribution in [0.3, 0.4) is 0 Å². The molecule has 0 saturated heterocycles. The molecule has 0 aliphatic heterocycles. The average molecular weight is 285 g/mol. The molecule has 5 nitrogen and oxygen atoms in total. The highest BCUT2D eigenvalue weighted by molar-refractivity contribution is 5.95. The zero-order valence-corrected chi connectivity index (χ0v) is 11.4. The zero-order chi connectivity index (χ0) is 15.3. The molecule has 1 aromatic rings. The molecule has 110 valence electrons. The van der Waals surface area contributed by atoms with Crippen LogP contribution < -0.4 is 5.73 Å². The summed E-state index contributed by atoms with van der Waals surface area (Å²) in [5.74, 6) is -2.18. The number of amides is 1. The molecule has 7 heteroatoms. The lowest BCUT2D eigenvalue weighted by Crippen LogP contribution is -2.34. The maximum atomic E-state index is 13.7. The van der Waals surface area contributed by atoms with E-state index in [4.69, 9.17) is 10.9 Å².